The number of benzene rings is 2. The number of carbonyl (C=O) groups excluding carboxylic acids is 3. The number of methoxy groups -OCH3 is 1. The van der Waals surface area contributed by atoms with Gasteiger partial charge in [0.15, 0.2) is 22.8 Å². The van der Waals surface area contributed by atoms with Crippen LogP contribution in [-0.4, -0.2) is 37.2 Å². The minimum absolute atomic E-state index is 0.0149. The highest BCUT2D eigenvalue weighted by atomic mass is 16.5. The maximum absolute atomic E-state index is 12.5. The number of rotatable bonds is 11. The molecule has 38 heavy (non-hydrogen) atoms. The lowest BCUT2D eigenvalue weighted by Gasteiger charge is -2.09. The monoisotopic (exact) mass is 519 g/mol. The average molecular weight is 520 g/mol. The normalized spacial score (nSPS) is 10.8. The second kappa shape index (κ2) is 13.1. The predicted molar refractivity (Wildman–Crippen MR) is 137 cm³/mol. The molecule has 1 aromatic heterocycles. The Kier molecular flexibility index (Phi) is 9.40. The molecule has 0 unspecified atom stereocenters. The van der Waals surface area contributed by atoms with Crippen molar-refractivity contribution in [2.24, 2.45) is 16.1 Å². The number of nitrogens with zero attached hydrogens (tertiary/aromatic N) is 2. The number of anilines is 1. The van der Waals surface area contributed by atoms with E-state index in [1.807, 2.05) is 0 Å². The summed E-state index contributed by atoms with van der Waals surface area (Å²) in [5, 5.41) is 14.0. The molecule has 6 N–H and O–H groups in total. The fourth-order valence-corrected chi connectivity index (χ4v) is 3.22. The van der Waals surface area contributed by atoms with Crippen molar-refractivity contribution in [2.45, 2.75) is 13.0 Å². The van der Waals surface area contributed by atoms with Gasteiger partial charge in [0.25, 0.3) is 11.8 Å². The molecule has 0 radical (unpaired) electrons. The number of hydrogen-bond acceptors (Lipinski definition) is 8. The van der Waals surface area contributed by atoms with Crippen molar-refractivity contribution in [2.75, 3.05) is 19.0 Å². The second-order valence-electron chi connectivity index (χ2n) is 7.78. The number of amides is 3. The van der Waals surface area contributed by atoms with Crippen molar-refractivity contribution >= 4 is 29.2 Å². The second-order valence-corrected chi connectivity index (χ2v) is 7.78. The van der Waals surface area contributed by atoms with E-state index in [0.29, 0.717) is 17.0 Å². The molecule has 13 heteroatoms. The Hall–Kier alpha value is -5.33. The van der Waals surface area contributed by atoms with Crippen LogP contribution in [0.2, 0.25) is 0 Å². The number of nitrogens with two attached hydrogens (primary N) is 1. The third-order valence-electron chi connectivity index (χ3n) is 5.04. The van der Waals surface area contributed by atoms with Crippen LogP contribution in [0.1, 0.15) is 38.7 Å². The third-order valence-corrected chi connectivity index (χ3v) is 5.04. The van der Waals surface area contributed by atoms with E-state index in [0.717, 1.165) is 17.7 Å². The molecule has 0 aliphatic heterocycles. The summed E-state index contributed by atoms with van der Waals surface area (Å²) in [6.45, 7) is 0.0782. The lowest BCUT2D eigenvalue weighted by atomic mass is 10.2. The van der Waals surface area contributed by atoms with Gasteiger partial charge in [-0.15, -0.1) is 5.10 Å². The summed E-state index contributed by atoms with van der Waals surface area (Å²) in [6, 6.07) is 15.5. The molecule has 0 saturated heterocycles. The number of nitrogens with one attached hydrogen (secondary N) is 4. The largest absolute Gasteiger partial charge is 0.497 e. The van der Waals surface area contributed by atoms with Gasteiger partial charge in [0.2, 0.25) is 5.91 Å². The Labute approximate surface area is 216 Å². The molecule has 0 aliphatic carbocycles. The first kappa shape index (κ1) is 27.3. The average Bonchev–Trinajstić information content (AvgIpc) is 2.91. The van der Waals surface area contributed by atoms with Crippen molar-refractivity contribution in [3.05, 3.63) is 93.5 Å². The molecule has 13 nitrogen and oxygen atoms in total. The van der Waals surface area contributed by atoms with Gasteiger partial charge >= 0.3 is 0 Å². The van der Waals surface area contributed by atoms with Crippen molar-refractivity contribution in [3.63, 3.8) is 0 Å². The van der Waals surface area contributed by atoms with Crippen molar-refractivity contribution < 1.29 is 23.5 Å². The van der Waals surface area contributed by atoms with Gasteiger partial charge in [-0.1, -0.05) is 29.5 Å². The van der Waals surface area contributed by atoms with E-state index in [1.54, 1.807) is 48.5 Å². The van der Waals surface area contributed by atoms with E-state index < -0.39 is 23.2 Å². The van der Waals surface area contributed by atoms with Crippen LogP contribution in [0.4, 0.5) is 5.69 Å². The maximum atomic E-state index is 12.5. The van der Waals surface area contributed by atoms with Gasteiger partial charge < -0.3 is 30.8 Å². The Morgan fingerprint density at radius 1 is 1.00 bits per heavy atom. The SMILES string of the molecule is COc1cccc(CNC(=O)c2cc(=O)cc(C(=O)NCCC(=O)Nc3cccc(C(N)=NN=N)c3)o2)c1. The van der Waals surface area contributed by atoms with Crippen LogP contribution in [0, 0.1) is 5.53 Å². The summed E-state index contributed by atoms with van der Waals surface area (Å²) in [5.74, 6) is -1.90. The van der Waals surface area contributed by atoms with Gasteiger partial charge in [0.1, 0.15) is 5.75 Å². The molecule has 0 fully saturated rings. The van der Waals surface area contributed by atoms with Crippen LogP contribution in [0.15, 0.2) is 80.2 Å². The molecular formula is C25H25N7O6. The van der Waals surface area contributed by atoms with Gasteiger partial charge in [0, 0.05) is 42.9 Å². The Morgan fingerprint density at radius 3 is 2.42 bits per heavy atom. The number of amidine groups is 1. The fraction of sp³-hybridized carbons (Fsp3) is 0.160. The van der Waals surface area contributed by atoms with Crippen LogP contribution >= 0.6 is 0 Å². The topological polar surface area (TPSA) is 201 Å². The molecule has 196 valence electrons. The fourth-order valence-electron chi connectivity index (χ4n) is 3.22. The zero-order valence-corrected chi connectivity index (χ0v) is 20.3. The van der Waals surface area contributed by atoms with Gasteiger partial charge in [-0.05, 0) is 29.8 Å². The molecular weight excluding hydrogens is 494 g/mol. The summed E-state index contributed by atoms with van der Waals surface area (Å²) in [4.78, 5) is 49.3. The first-order valence-corrected chi connectivity index (χ1v) is 11.2. The third kappa shape index (κ3) is 7.84. The van der Waals surface area contributed by atoms with E-state index in [-0.39, 0.29) is 36.9 Å². The summed E-state index contributed by atoms with van der Waals surface area (Å²) in [7, 11) is 1.53. The highest BCUT2D eigenvalue weighted by Crippen LogP contribution is 2.13. The minimum Gasteiger partial charge on any atom is -0.497 e. The molecule has 0 atom stereocenters. The van der Waals surface area contributed by atoms with E-state index in [2.05, 4.69) is 26.3 Å². The molecule has 0 spiro atoms. The first-order valence-electron chi connectivity index (χ1n) is 11.2. The van der Waals surface area contributed by atoms with E-state index in [4.69, 9.17) is 20.4 Å². The van der Waals surface area contributed by atoms with Crippen LogP contribution in [0.25, 0.3) is 0 Å². The van der Waals surface area contributed by atoms with Crippen LogP contribution in [0.5, 0.6) is 5.75 Å². The molecule has 0 aliphatic rings. The van der Waals surface area contributed by atoms with Crippen LogP contribution in [-0.2, 0) is 11.3 Å². The van der Waals surface area contributed by atoms with Gasteiger partial charge in [-0.2, -0.15) is 5.53 Å². The summed E-state index contributed by atoms with van der Waals surface area (Å²) in [5.41, 5.74) is 13.5. The molecule has 0 bridgehead atoms. The minimum atomic E-state index is -0.762. The molecule has 3 aromatic rings. The number of carbonyl (C=O) groups is 3. The highest BCUT2D eigenvalue weighted by Gasteiger charge is 2.16. The lowest BCUT2D eigenvalue weighted by molar-refractivity contribution is -0.116. The molecule has 3 amide bonds. The predicted octanol–water partition coefficient (Wildman–Crippen LogP) is 1.99. The van der Waals surface area contributed by atoms with E-state index >= 15 is 0 Å². The quantitative estimate of drug-likeness (QED) is 0.110. The van der Waals surface area contributed by atoms with Crippen molar-refractivity contribution in [3.8, 4) is 5.75 Å². The van der Waals surface area contributed by atoms with E-state index in [1.165, 1.54) is 7.11 Å². The zero-order valence-electron chi connectivity index (χ0n) is 20.3. The van der Waals surface area contributed by atoms with Gasteiger partial charge in [-0.3, -0.25) is 19.2 Å². The Balaban J connectivity index is 1.54. The molecule has 1 heterocycles. The molecule has 3 rings (SSSR count). The Morgan fingerprint density at radius 2 is 1.71 bits per heavy atom. The highest BCUT2D eigenvalue weighted by molar-refractivity contribution is 5.99. The number of ether oxygens (including phenoxy) is 1. The first-order chi connectivity index (χ1) is 18.3. The van der Waals surface area contributed by atoms with Crippen molar-refractivity contribution in [1.29, 1.82) is 5.53 Å². The van der Waals surface area contributed by atoms with Crippen LogP contribution < -0.4 is 31.8 Å². The lowest BCUT2D eigenvalue weighted by Crippen LogP contribution is -2.29. The van der Waals surface area contributed by atoms with E-state index in [9.17, 15) is 19.2 Å². The number of hydrogen-bond donors (Lipinski definition) is 5. The Bertz CT molecular complexity index is 1430. The summed E-state index contributed by atoms with van der Waals surface area (Å²) in [6.07, 6.45) is -0.0907. The summed E-state index contributed by atoms with van der Waals surface area (Å²) < 4.78 is 10.5. The van der Waals surface area contributed by atoms with Crippen LogP contribution in [0.3, 0.4) is 0 Å². The molecule has 0 saturated carbocycles. The smallest absolute Gasteiger partial charge is 0.287 e. The summed E-state index contributed by atoms with van der Waals surface area (Å²) >= 11 is 0. The standard InChI is InChI=1S/C25H25N7O6/c1-37-19-7-2-4-15(10-19)14-29-25(36)21-13-18(33)12-20(38-21)24(35)28-9-8-22(34)30-17-6-3-5-16(11-17)23(26)31-32-27/h2-7,10-13H,8-9,14H2,1H3,(H,28,35)(H,29,36)(H,30,34)(H3,26,27,31). The maximum Gasteiger partial charge on any atom is 0.287 e. The van der Waals surface area contributed by atoms with Crippen molar-refractivity contribution in [1.82, 2.24) is 10.6 Å². The van der Waals surface area contributed by atoms with Gasteiger partial charge in [-0.25, -0.2) is 0 Å². The zero-order chi connectivity index (χ0) is 27.5. The molecule has 2 aromatic carbocycles. The van der Waals surface area contributed by atoms with Gasteiger partial charge in [0.05, 0.1) is 7.11 Å².